The van der Waals surface area contributed by atoms with Crippen molar-refractivity contribution in [3.8, 4) is 5.75 Å². The Balaban J connectivity index is 2.06. The molecule has 0 spiro atoms. The van der Waals surface area contributed by atoms with E-state index in [9.17, 15) is 0 Å². The summed E-state index contributed by atoms with van der Waals surface area (Å²) in [5, 5.41) is 0. The molecule has 0 bridgehead atoms. The van der Waals surface area contributed by atoms with E-state index in [4.69, 9.17) is 10.6 Å². The Morgan fingerprint density at radius 2 is 2.05 bits per heavy atom. The van der Waals surface area contributed by atoms with Crippen molar-refractivity contribution in [1.29, 1.82) is 0 Å². The molecule has 2 aromatic rings. The van der Waals surface area contributed by atoms with Crippen LogP contribution in [0.2, 0.25) is 0 Å². The number of hydrazine groups is 1. The monoisotopic (exact) mass is 268 g/mol. The van der Waals surface area contributed by atoms with Crippen molar-refractivity contribution in [1.82, 2.24) is 5.43 Å². The third kappa shape index (κ3) is 2.42. The van der Waals surface area contributed by atoms with Gasteiger partial charge in [-0.2, -0.15) is 0 Å². The molecule has 104 valence electrons. The van der Waals surface area contributed by atoms with Crippen LogP contribution < -0.4 is 16.0 Å². The minimum Gasteiger partial charge on any atom is -0.493 e. The second-order valence-corrected chi connectivity index (χ2v) is 5.30. The first-order valence-corrected chi connectivity index (χ1v) is 7.07. The summed E-state index contributed by atoms with van der Waals surface area (Å²) in [6.07, 6.45) is 2.16. The highest BCUT2D eigenvalue weighted by atomic mass is 16.5. The van der Waals surface area contributed by atoms with Gasteiger partial charge in [-0.25, -0.2) is 5.43 Å². The van der Waals surface area contributed by atoms with Gasteiger partial charge in [-0.05, 0) is 30.9 Å². The summed E-state index contributed by atoms with van der Waals surface area (Å²) in [7, 11) is 0. The van der Waals surface area contributed by atoms with E-state index < -0.39 is 0 Å². The van der Waals surface area contributed by atoms with Crippen molar-refractivity contribution in [3.63, 3.8) is 0 Å². The zero-order valence-corrected chi connectivity index (χ0v) is 11.7. The summed E-state index contributed by atoms with van der Waals surface area (Å²) in [4.78, 5) is 0. The minimum absolute atomic E-state index is 0.0389. The molecule has 1 aliphatic heterocycles. The van der Waals surface area contributed by atoms with E-state index >= 15 is 0 Å². The van der Waals surface area contributed by atoms with Gasteiger partial charge in [0.15, 0.2) is 0 Å². The van der Waals surface area contributed by atoms with Crippen molar-refractivity contribution >= 4 is 0 Å². The molecule has 0 fully saturated rings. The van der Waals surface area contributed by atoms with E-state index in [1.807, 2.05) is 0 Å². The van der Waals surface area contributed by atoms with Gasteiger partial charge in [-0.1, -0.05) is 48.0 Å². The van der Waals surface area contributed by atoms with Crippen LogP contribution in [-0.2, 0) is 6.42 Å². The molecule has 3 nitrogen and oxygen atoms in total. The second kappa shape index (κ2) is 5.65. The maximum atomic E-state index is 5.89. The maximum Gasteiger partial charge on any atom is 0.127 e. The molecule has 20 heavy (non-hydrogen) atoms. The molecule has 3 rings (SSSR count). The number of rotatable bonds is 3. The maximum absolute atomic E-state index is 5.89. The van der Waals surface area contributed by atoms with Gasteiger partial charge in [0, 0.05) is 5.56 Å². The zero-order chi connectivity index (χ0) is 13.9. The fourth-order valence-electron chi connectivity index (χ4n) is 2.86. The lowest BCUT2D eigenvalue weighted by atomic mass is 9.93. The van der Waals surface area contributed by atoms with Gasteiger partial charge in [0.1, 0.15) is 5.75 Å². The van der Waals surface area contributed by atoms with Crippen LogP contribution in [0.15, 0.2) is 42.5 Å². The van der Waals surface area contributed by atoms with Crippen molar-refractivity contribution < 1.29 is 4.74 Å². The minimum atomic E-state index is -0.0389. The molecule has 0 radical (unpaired) electrons. The molecule has 0 saturated carbocycles. The molecule has 1 aliphatic rings. The van der Waals surface area contributed by atoms with Crippen molar-refractivity contribution in [2.75, 3.05) is 6.61 Å². The molecule has 0 aromatic heterocycles. The highest BCUT2D eigenvalue weighted by Gasteiger charge is 2.21. The predicted molar refractivity (Wildman–Crippen MR) is 80.6 cm³/mol. The predicted octanol–water partition coefficient (Wildman–Crippen LogP) is 2.87. The van der Waals surface area contributed by atoms with Gasteiger partial charge < -0.3 is 4.74 Å². The standard InChI is InChI=1S/C17H20N2O/c1-12-5-2-7-14(11-12)16(19-18)15-9-3-6-13-8-4-10-20-17(13)15/h2-3,5-7,9,11,16,19H,4,8,10,18H2,1H3. The molecule has 2 aromatic carbocycles. The number of nitrogens with one attached hydrogen (secondary N) is 1. The third-order valence-electron chi connectivity index (χ3n) is 3.82. The SMILES string of the molecule is Cc1cccc(C(NN)c2cccc3c2OCCC3)c1. The molecule has 0 saturated heterocycles. The van der Waals surface area contributed by atoms with Crippen LogP contribution in [0.4, 0.5) is 0 Å². The van der Waals surface area contributed by atoms with Crippen LogP contribution in [0.5, 0.6) is 5.75 Å². The molecule has 1 unspecified atom stereocenters. The summed E-state index contributed by atoms with van der Waals surface area (Å²) in [5.41, 5.74) is 7.72. The Morgan fingerprint density at radius 3 is 2.85 bits per heavy atom. The molecular weight excluding hydrogens is 248 g/mol. The van der Waals surface area contributed by atoms with Crippen LogP contribution in [-0.4, -0.2) is 6.61 Å². The van der Waals surface area contributed by atoms with Crippen LogP contribution in [0, 0.1) is 6.92 Å². The Kier molecular flexibility index (Phi) is 3.72. The van der Waals surface area contributed by atoms with E-state index in [-0.39, 0.29) is 6.04 Å². The quantitative estimate of drug-likeness (QED) is 0.664. The average Bonchev–Trinajstić information content (AvgIpc) is 2.48. The highest BCUT2D eigenvalue weighted by Crippen LogP contribution is 2.35. The first-order chi connectivity index (χ1) is 9.79. The van der Waals surface area contributed by atoms with Gasteiger partial charge in [-0.15, -0.1) is 0 Å². The molecule has 3 heteroatoms. The van der Waals surface area contributed by atoms with Gasteiger partial charge in [0.2, 0.25) is 0 Å². The third-order valence-corrected chi connectivity index (χ3v) is 3.82. The summed E-state index contributed by atoms with van der Waals surface area (Å²) in [6, 6.07) is 14.7. The van der Waals surface area contributed by atoms with Gasteiger partial charge in [0.25, 0.3) is 0 Å². The number of nitrogens with two attached hydrogens (primary N) is 1. The Labute approximate surface area is 119 Å². The first-order valence-electron chi connectivity index (χ1n) is 7.07. The molecular formula is C17H20N2O. The molecule has 0 aliphatic carbocycles. The number of para-hydroxylation sites is 1. The van der Waals surface area contributed by atoms with Crippen molar-refractivity contribution in [3.05, 3.63) is 64.7 Å². The highest BCUT2D eigenvalue weighted by molar-refractivity contribution is 5.48. The summed E-state index contributed by atoms with van der Waals surface area (Å²) in [5.74, 6) is 6.82. The largest absolute Gasteiger partial charge is 0.493 e. The molecule has 1 heterocycles. The van der Waals surface area contributed by atoms with E-state index in [0.29, 0.717) is 0 Å². The van der Waals surface area contributed by atoms with Crippen LogP contribution >= 0.6 is 0 Å². The van der Waals surface area contributed by atoms with E-state index in [1.165, 1.54) is 11.1 Å². The average molecular weight is 268 g/mol. The lowest BCUT2D eigenvalue weighted by Crippen LogP contribution is -2.29. The number of ether oxygens (including phenoxy) is 1. The van der Waals surface area contributed by atoms with E-state index in [1.54, 1.807) is 0 Å². The Morgan fingerprint density at radius 1 is 1.20 bits per heavy atom. The number of benzene rings is 2. The summed E-state index contributed by atoms with van der Waals surface area (Å²) in [6.45, 7) is 2.88. The van der Waals surface area contributed by atoms with E-state index in [2.05, 4.69) is 54.8 Å². The molecule has 1 atom stereocenters. The summed E-state index contributed by atoms with van der Waals surface area (Å²) >= 11 is 0. The Hall–Kier alpha value is -1.84. The van der Waals surface area contributed by atoms with Gasteiger partial charge >= 0.3 is 0 Å². The topological polar surface area (TPSA) is 47.3 Å². The van der Waals surface area contributed by atoms with Gasteiger partial charge in [-0.3, -0.25) is 5.84 Å². The zero-order valence-electron chi connectivity index (χ0n) is 11.7. The normalized spacial score (nSPS) is 15.3. The lowest BCUT2D eigenvalue weighted by Gasteiger charge is -2.25. The first kappa shape index (κ1) is 13.2. The fourth-order valence-corrected chi connectivity index (χ4v) is 2.86. The number of fused-ring (bicyclic) bond motifs is 1. The Bertz CT molecular complexity index is 610. The number of aryl methyl sites for hydroxylation is 2. The second-order valence-electron chi connectivity index (χ2n) is 5.30. The van der Waals surface area contributed by atoms with Crippen LogP contribution in [0.1, 0.15) is 34.7 Å². The number of hydrogen-bond donors (Lipinski definition) is 2. The van der Waals surface area contributed by atoms with Crippen molar-refractivity contribution in [2.45, 2.75) is 25.8 Å². The fraction of sp³-hybridized carbons (Fsp3) is 0.294. The number of hydrogen-bond acceptors (Lipinski definition) is 3. The van der Waals surface area contributed by atoms with Crippen molar-refractivity contribution in [2.24, 2.45) is 5.84 Å². The molecule has 3 N–H and O–H groups in total. The van der Waals surface area contributed by atoms with E-state index in [0.717, 1.165) is 36.3 Å². The van der Waals surface area contributed by atoms with Crippen LogP contribution in [0.25, 0.3) is 0 Å². The molecule has 0 amide bonds. The van der Waals surface area contributed by atoms with Gasteiger partial charge in [0.05, 0.1) is 12.6 Å². The smallest absolute Gasteiger partial charge is 0.127 e. The summed E-state index contributed by atoms with van der Waals surface area (Å²) < 4.78 is 5.89. The lowest BCUT2D eigenvalue weighted by molar-refractivity contribution is 0.283. The van der Waals surface area contributed by atoms with Crippen LogP contribution in [0.3, 0.4) is 0 Å².